The Hall–Kier alpha value is 0.587. The summed E-state index contributed by atoms with van der Waals surface area (Å²) < 4.78 is 16.2. The molecule has 0 aliphatic rings. The summed E-state index contributed by atoms with van der Waals surface area (Å²) in [6.07, 6.45) is 0.898. The maximum atomic E-state index is 8.33. The summed E-state index contributed by atoms with van der Waals surface area (Å²) in [4.78, 5) is 8.33. The summed E-state index contributed by atoms with van der Waals surface area (Å²) in [6, 6.07) is 0. The van der Waals surface area contributed by atoms with Crippen LogP contribution in [0.25, 0.3) is 0 Å². The van der Waals surface area contributed by atoms with Crippen LogP contribution in [0.5, 0.6) is 0 Å². The van der Waals surface area contributed by atoms with Gasteiger partial charge in [0.1, 0.15) is 0 Å². The molecule has 0 unspecified atom stereocenters. The van der Waals surface area contributed by atoms with Crippen molar-refractivity contribution in [3.8, 4) is 0 Å². The second kappa shape index (κ2) is 20.9. The van der Waals surface area contributed by atoms with Gasteiger partial charge >= 0.3 is 47.3 Å². The molecular weight excluding hydrogens is 298 g/mol. The van der Waals surface area contributed by atoms with Crippen molar-refractivity contribution < 1.29 is 28.3 Å². The molecule has 0 rings (SSSR count). The number of unbranched alkanes of at least 4 members (excludes halogenated alkanes) is 2. The molecule has 0 atom stereocenters. The van der Waals surface area contributed by atoms with Crippen molar-refractivity contribution in [2.45, 2.75) is 33.1 Å². The molecule has 0 aliphatic heterocycles. The van der Waals surface area contributed by atoms with E-state index in [1.54, 1.807) is 0 Å². The van der Waals surface area contributed by atoms with Gasteiger partial charge in [-0.1, -0.05) is 0 Å². The van der Waals surface area contributed by atoms with Gasteiger partial charge in [0.2, 0.25) is 0 Å². The third-order valence-corrected chi connectivity index (χ3v) is 3.43. The van der Waals surface area contributed by atoms with Crippen LogP contribution >= 0.6 is 0 Å². The van der Waals surface area contributed by atoms with Crippen molar-refractivity contribution >= 4 is 53.4 Å². The van der Waals surface area contributed by atoms with E-state index in [1.165, 1.54) is 0 Å². The average molecular weight is 321 g/mol. The molecule has 2 N–H and O–H groups in total. The average Bonchev–Trinajstić information content (AvgIpc) is 2.28. The van der Waals surface area contributed by atoms with E-state index in [4.69, 9.17) is 34.0 Å². The van der Waals surface area contributed by atoms with Gasteiger partial charge in [-0.25, -0.2) is 0 Å². The predicted octanol–water partition coefficient (Wildman–Crippen LogP) is -1.91. The third kappa shape index (κ3) is 27.7. The normalized spacial score (nSPS) is 9.47. The summed E-state index contributed by atoms with van der Waals surface area (Å²) in [5.74, 6) is 0. The van der Waals surface area contributed by atoms with E-state index in [2.05, 4.69) is 0 Å². The largest absolute Gasteiger partial charge is 2.00 e. The SMILES string of the molecule is CCO[SiH](OCC)OCCCCCN.O=C([O-])[O-].[Ca+2]. The zero-order valence-corrected chi connectivity index (χ0v) is 15.1. The van der Waals surface area contributed by atoms with Gasteiger partial charge in [0.05, 0.1) is 0 Å². The minimum atomic E-state index is -2.33. The molecule has 9 heteroatoms. The van der Waals surface area contributed by atoms with Gasteiger partial charge in [0.15, 0.2) is 0 Å². The first-order valence-corrected chi connectivity index (χ1v) is 7.42. The maximum Gasteiger partial charge on any atom is 2.00 e. The number of nitrogens with two attached hydrogens (primary N) is 1. The summed E-state index contributed by atoms with van der Waals surface area (Å²) >= 11 is 0. The first-order valence-electron chi connectivity index (χ1n) is 6.01. The Bertz CT molecular complexity index is 179. The minimum absolute atomic E-state index is 0. The summed E-state index contributed by atoms with van der Waals surface area (Å²) in [5.41, 5.74) is 5.38. The van der Waals surface area contributed by atoms with Crippen LogP contribution in [0.15, 0.2) is 0 Å². The first kappa shape index (κ1) is 24.6. The van der Waals surface area contributed by atoms with Gasteiger partial charge in [0, 0.05) is 19.8 Å². The van der Waals surface area contributed by atoms with E-state index in [0.29, 0.717) is 13.2 Å². The van der Waals surface area contributed by atoms with Gasteiger partial charge in [0.25, 0.3) is 0 Å². The molecule has 0 aliphatic carbocycles. The van der Waals surface area contributed by atoms with Crippen molar-refractivity contribution in [1.29, 1.82) is 0 Å². The van der Waals surface area contributed by atoms with E-state index in [-0.39, 0.29) is 37.7 Å². The predicted molar refractivity (Wildman–Crippen MR) is 70.4 cm³/mol. The topological polar surface area (TPSA) is 117 Å². The Morgan fingerprint density at radius 3 is 1.89 bits per heavy atom. The van der Waals surface area contributed by atoms with Crippen LogP contribution in [0.2, 0.25) is 0 Å². The molecule has 7 nitrogen and oxygen atoms in total. The van der Waals surface area contributed by atoms with Crippen LogP contribution < -0.4 is 15.9 Å². The quantitative estimate of drug-likeness (QED) is 0.369. The van der Waals surface area contributed by atoms with E-state index in [0.717, 1.165) is 32.4 Å². The van der Waals surface area contributed by atoms with Gasteiger partial charge < -0.3 is 34.0 Å². The van der Waals surface area contributed by atoms with E-state index < -0.39 is 15.7 Å². The van der Waals surface area contributed by atoms with Gasteiger partial charge in [-0.2, -0.15) is 0 Å². The van der Waals surface area contributed by atoms with E-state index >= 15 is 0 Å². The Kier molecular flexibility index (Phi) is 27.0. The molecule has 0 saturated heterocycles. The fourth-order valence-electron chi connectivity index (χ4n) is 1.02. The minimum Gasteiger partial charge on any atom is -0.652 e. The number of carboxylic acid groups (broad SMARTS) is 2. The fraction of sp³-hybridized carbons (Fsp3) is 0.900. The molecule has 0 aromatic heterocycles. The van der Waals surface area contributed by atoms with Crippen molar-refractivity contribution in [3.05, 3.63) is 0 Å². The van der Waals surface area contributed by atoms with Crippen LogP contribution in [0.1, 0.15) is 33.1 Å². The molecule has 0 bridgehead atoms. The first-order chi connectivity index (χ1) is 8.58. The van der Waals surface area contributed by atoms with E-state index in [1.807, 2.05) is 13.8 Å². The zero-order chi connectivity index (χ0) is 14.2. The Labute approximate surface area is 146 Å². The second-order valence-corrected chi connectivity index (χ2v) is 4.75. The van der Waals surface area contributed by atoms with Crippen molar-refractivity contribution in [2.75, 3.05) is 26.4 Å². The van der Waals surface area contributed by atoms with Crippen LogP contribution in [0.4, 0.5) is 4.79 Å². The molecule has 0 amide bonds. The van der Waals surface area contributed by atoms with Crippen LogP contribution in [-0.2, 0) is 13.3 Å². The van der Waals surface area contributed by atoms with E-state index in [9.17, 15) is 0 Å². The number of carbonyl (C=O) groups is 1. The molecule has 0 saturated carbocycles. The smallest absolute Gasteiger partial charge is 0.652 e. The molecular formula is C10H23CaNO6Si. The van der Waals surface area contributed by atoms with Gasteiger partial charge in [-0.05, 0) is 45.8 Å². The molecule has 110 valence electrons. The van der Waals surface area contributed by atoms with Crippen LogP contribution in [0.3, 0.4) is 0 Å². The Morgan fingerprint density at radius 2 is 1.53 bits per heavy atom. The molecule has 0 fully saturated rings. The van der Waals surface area contributed by atoms with Gasteiger partial charge in [-0.3, -0.25) is 0 Å². The standard InChI is InChI=1S/C9H23NO3Si.CH2O3.Ca/c1-3-11-14(12-4-2)13-9-7-5-6-8-10;2-1(3)4;/h14H,3-10H2,1-2H3;(H2,2,3,4);/q;;+2/p-2. The molecule has 0 aromatic carbocycles. The molecule has 0 spiro atoms. The monoisotopic (exact) mass is 321 g/mol. The van der Waals surface area contributed by atoms with Crippen molar-refractivity contribution in [2.24, 2.45) is 5.73 Å². The second-order valence-electron chi connectivity index (χ2n) is 3.17. The van der Waals surface area contributed by atoms with Crippen LogP contribution in [-0.4, -0.2) is 79.8 Å². The number of hydrogen-bond donors (Lipinski definition) is 1. The molecule has 0 radical (unpaired) electrons. The van der Waals surface area contributed by atoms with Crippen molar-refractivity contribution in [3.63, 3.8) is 0 Å². The summed E-state index contributed by atoms with van der Waals surface area (Å²) in [5, 5.41) is 16.7. The molecule has 0 heterocycles. The maximum absolute atomic E-state index is 8.33. The molecule has 0 aromatic rings. The number of hydrogen-bond acceptors (Lipinski definition) is 7. The molecule has 19 heavy (non-hydrogen) atoms. The summed E-state index contributed by atoms with van der Waals surface area (Å²) in [6.45, 7) is 6.74. The van der Waals surface area contributed by atoms with Crippen LogP contribution in [0, 0.1) is 0 Å². The van der Waals surface area contributed by atoms with Crippen molar-refractivity contribution in [1.82, 2.24) is 0 Å². The zero-order valence-electron chi connectivity index (χ0n) is 11.8. The Morgan fingerprint density at radius 1 is 1.05 bits per heavy atom. The fourth-order valence-corrected chi connectivity index (χ4v) is 2.21. The van der Waals surface area contributed by atoms with Gasteiger partial charge in [-0.15, -0.1) is 0 Å². The third-order valence-electron chi connectivity index (χ3n) is 1.71. The summed E-state index contributed by atoms with van der Waals surface area (Å²) in [7, 11) is -1.82. The number of carbonyl (C=O) groups excluding carboxylic acids is 1. The Balaban J connectivity index is -0.000000448. The number of rotatable bonds is 10.